The molecule has 0 aromatic carbocycles. The van der Waals surface area contributed by atoms with Gasteiger partial charge in [-0.1, -0.05) is 13.8 Å². The maximum absolute atomic E-state index is 12.0. The van der Waals surface area contributed by atoms with Crippen LogP contribution in [0.4, 0.5) is 0 Å². The number of rotatable bonds is 5. The van der Waals surface area contributed by atoms with Crippen molar-refractivity contribution in [1.29, 1.82) is 0 Å². The lowest BCUT2D eigenvalue weighted by Crippen LogP contribution is -2.64. The maximum Gasteiger partial charge on any atom is 0.269 e. The summed E-state index contributed by atoms with van der Waals surface area (Å²) in [6.07, 6.45) is 4.74. The molecule has 0 aliphatic heterocycles. The summed E-state index contributed by atoms with van der Waals surface area (Å²) < 4.78 is 5.51. The number of ether oxygens (including phenoxy) is 1. The van der Waals surface area contributed by atoms with E-state index in [2.05, 4.69) is 29.4 Å². The molecule has 1 amide bonds. The normalized spacial score (nSPS) is 25.5. The van der Waals surface area contributed by atoms with Crippen molar-refractivity contribution in [2.45, 2.75) is 45.3 Å². The van der Waals surface area contributed by atoms with E-state index in [4.69, 9.17) is 4.74 Å². The first-order valence-corrected chi connectivity index (χ1v) is 6.51. The molecule has 1 aromatic heterocycles. The first-order valence-electron chi connectivity index (χ1n) is 6.51. The SMILES string of the molecule is CCC1(CC)[C@@H](NC(=O)c2ccn[nH]2)C[C@@H]1OC. The summed E-state index contributed by atoms with van der Waals surface area (Å²) in [7, 11) is 1.75. The van der Waals surface area contributed by atoms with Gasteiger partial charge in [0.15, 0.2) is 0 Å². The van der Waals surface area contributed by atoms with Crippen LogP contribution < -0.4 is 5.32 Å². The Morgan fingerprint density at radius 3 is 2.83 bits per heavy atom. The number of H-pyrrole nitrogens is 1. The molecular weight excluding hydrogens is 230 g/mol. The number of amides is 1. The summed E-state index contributed by atoms with van der Waals surface area (Å²) in [6, 6.07) is 1.87. The number of nitrogens with one attached hydrogen (secondary N) is 2. The van der Waals surface area contributed by atoms with Gasteiger partial charge in [-0.05, 0) is 25.3 Å². The molecular formula is C13H21N3O2. The highest BCUT2D eigenvalue weighted by atomic mass is 16.5. The van der Waals surface area contributed by atoms with E-state index in [9.17, 15) is 4.79 Å². The molecule has 5 nitrogen and oxygen atoms in total. The van der Waals surface area contributed by atoms with Crippen molar-refractivity contribution < 1.29 is 9.53 Å². The lowest BCUT2D eigenvalue weighted by atomic mass is 9.58. The van der Waals surface area contributed by atoms with Crippen molar-refractivity contribution in [3.05, 3.63) is 18.0 Å². The second-order valence-electron chi connectivity index (χ2n) is 4.90. The summed E-state index contributed by atoms with van der Waals surface area (Å²) in [6.45, 7) is 4.31. The zero-order chi connectivity index (χ0) is 13.2. The molecule has 2 N–H and O–H groups in total. The Labute approximate surface area is 107 Å². The van der Waals surface area contributed by atoms with Gasteiger partial charge in [0.2, 0.25) is 0 Å². The Morgan fingerprint density at radius 1 is 1.61 bits per heavy atom. The van der Waals surface area contributed by atoms with Gasteiger partial charge in [-0.15, -0.1) is 0 Å². The van der Waals surface area contributed by atoms with Crippen LogP contribution in [0.5, 0.6) is 0 Å². The van der Waals surface area contributed by atoms with Crippen molar-refractivity contribution in [3.63, 3.8) is 0 Å². The minimum atomic E-state index is -0.0849. The molecule has 0 saturated heterocycles. The summed E-state index contributed by atoms with van der Waals surface area (Å²) in [4.78, 5) is 12.0. The average molecular weight is 251 g/mol. The molecule has 1 aromatic rings. The van der Waals surface area contributed by atoms with E-state index in [1.54, 1.807) is 19.4 Å². The average Bonchev–Trinajstić information content (AvgIpc) is 2.89. The monoisotopic (exact) mass is 251 g/mol. The molecule has 2 rings (SSSR count). The fourth-order valence-corrected chi connectivity index (χ4v) is 3.10. The predicted octanol–water partition coefficient (Wildman–Crippen LogP) is 1.73. The molecule has 1 aliphatic rings. The smallest absolute Gasteiger partial charge is 0.269 e. The highest BCUT2D eigenvalue weighted by molar-refractivity contribution is 5.92. The highest BCUT2D eigenvalue weighted by Crippen LogP contribution is 2.48. The number of methoxy groups -OCH3 is 1. The van der Waals surface area contributed by atoms with E-state index in [0.717, 1.165) is 19.3 Å². The predicted molar refractivity (Wildman–Crippen MR) is 68.3 cm³/mol. The Morgan fingerprint density at radius 2 is 2.33 bits per heavy atom. The van der Waals surface area contributed by atoms with Crippen molar-refractivity contribution in [1.82, 2.24) is 15.5 Å². The van der Waals surface area contributed by atoms with Crippen LogP contribution in [0.3, 0.4) is 0 Å². The van der Waals surface area contributed by atoms with Gasteiger partial charge >= 0.3 is 0 Å². The lowest BCUT2D eigenvalue weighted by molar-refractivity contribution is -0.120. The molecule has 0 unspecified atom stereocenters. The van der Waals surface area contributed by atoms with E-state index in [1.807, 2.05) is 0 Å². The van der Waals surface area contributed by atoms with Crippen LogP contribution in [0, 0.1) is 5.41 Å². The zero-order valence-corrected chi connectivity index (χ0v) is 11.2. The third-order valence-corrected chi connectivity index (χ3v) is 4.44. The van der Waals surface area contributed by atoms with Crippen LogP contribution in [0.15, 0.2) is 12.3 Å². The molecule has 1 aliphatic carbocycles. The number of carbonyl (C=O) groups excluding carboxylic acids is 1. The zero-order valence-electron chi connectivity index (χ0n) is 11.2. The minimum Gasteiger partial charge on any atom is -0.381 e. The fraction of sp³-hybridized carbons (Fsp3) is 0.692. The lowest BCUT2D eigenvalue weighted by Gasteiger charge is -2.55. The van der Waals surface area contributed by atoms with Crippen LogP contribution in [-0.2, 0) is 4.74 Å². The second kappa shape index (κ2) is 5.10. The Kier molecular flexibility index (Phi) is 3.71. The summed E-state index contributed by atoms with van der Waals surface area (Å²) >= 11 is 0. The molecule has 0 spiro atoms. The second-order valence-corrected chi connectivity index (χ2v) is 4.90. The van der Waals surface area contributed by atoms with Gasteiger partial charge in [-0.25, -0.2) is 0 Å². The number of carbonyl (C=O) groups is 1. The van der Waals surface area contributed by atoms with Gasteiger partial charge in [0, 0.05) is 24.8 Å². The number of hydrogen-bond donors (Lipinski definition) is 2. The summed E-state index contributed by atoms with van der Waals surface area (Å²) in [5.41, 5.74) is 0.585. The van der Waals surface area contributed by atoms with Crippen molar-refractivity contribution in [3.8, 4) is 0 Å². The third-order valence-electron chi connectivity index (χ3n) is 4.44. The van der Waals surface area contributed by atoms with Gasteiger partial charge in [0.05, 0.1) is 6.10 Å². The van der Waals surface area contributed by atoms with E-state index in [-0.39, 0.29) is 23.5 Å². The number of aromatic nitrogens is 2. The number of hydrogen-bond acceptors (Lipinski definition) is 3. The molecule has 1 fully saturated rings. The minimum absolute atomic E-state index is 0.0738. The summed E-state index contributed by atoms with van der Waals surface area (Å²) in [5, 5.41) is 9.56. The first-order chi connectivity index (χ1) is 8.67. The maximum atomic E-state index is 12.0. The Balaban J connectivity index is 2.04. The number of nitrogens with zero attached hydrogens (tertiary/aromatic N) is 1. The Hall–Kier alpha value is -1.36. The topological polar surface area (TPSA) is 67.0 Å². The first kappa shape index (κ1) is 13.1. The van der Waals surface area contributed by atoms with Crippen LogP contribution in [0.2, 0.25) is 0 Å². The fourth-order valence-electron chi connectivity index (χ4n) is 3.10. The standard InChI is InChI=1S/C13H21N3O2/c1-4-13(5-2)10(8-11(13)18-3)15-12(17)9-6-7-14-16-9/h6-7,10-11H,4-5,8H2,1-3H3,(H,14,16)(H,15,17)/t10-,11-/m0/s1. The van der Waals surface area contributed by atoms with Gasteiger partial charge in [0.25, 0.3) is 5.91 Å². The van der Waals surface area contributed by atoms with Crippen molar-refractivity contribution >= 4 is 5.91 Å². The highest BCUT2D eigenvalue weighted by Gasteiger charge is 2.53. The largest absolute Gasteiger partial charge is 0.381 e. The van der Waals surface area contributed by atoms with Crippen LogP contribution in [0.25, 0.3) is 0 Å². The summed E-state index contributed by atoms with van der Waals surface area (Å²) in [5.74, 6) is -0.0849. The van der Waals surface area contributed by atoms with Crippen molar-refractivity contribution in [2.75, 3.05) is 7.11 Å². The molecule has 0 bridgehead atoms. The van der Waals surface area contributed by atoms with Gasteiger partial charge < -0.3 is 10.1 Å². The van der Waals surface area contributed by atoms with Crippen LogP contribution >= 0.6 is 0 Å². The molecule has 2 atom stereocenters. The molecule has 100 valence electrons. The van der Waals surface area contributed by atoms with Crippen LogP contribution in [-0.4, -0.2) is 35.4 Å². The third kappa shape index (κ3) is 1.92. The molecule has 5 heteroatoms. The van der Waals surface area contributed by atoms with Gasteiger partial charge in [-0.2, -0.15) is 5.10 Å². The molecule has 0 radical (unpaired) electrons. The number of aromatic amines is 1. The Bertz CT molecular complexity index is 398. The quantitative estimate of drug-likeness (QED) is 0.837. The molecule has 1 saturated carbocycles. The van der Waals surface area contributed by atoms with Crippen molar-refractivity contribution in [2.24, 2.45) is 5.41 Å². The molecule has 18 heavy (non-hydrogen) atoms. The van der Waals surface area contributed by atoms with E-state index in [1.165, 1.54) is 0 Å². The van der Waals surface area contributed by atoms with Gasteiger partial charge in [-0.3, -0.25) is 9.89 Å². The van der Waals surface area contributed by atoms with E-state index >= 15 is 0 Å². The van der Waals surface area contributed by atoms with Crippen LogP contribution in [0.1, 0.15) is 43.6 Å². The molecule has 1 heterocycles. The van der Waals surface area contributed by atoms with E-state index < -0.39 is 0 Å². The van der Waals surface area contributed by atoms with Gasteiger partial charge in [0.1, 0.15) is 5.69 Å². The van der Waals surface area contributed by atoms with E-state index in [0.29, 0.717) is 5.69 Å².